The molecule has 1 aliphatic carbocycles. The van der Waals surface area contributed by atoms with Crippen LogP contribution >= 0.6 is 0 Å². The lowest BCUT2D eigenvalue weighted by molar-refractivity contribution is 0.0859. The molecule has 1 saturated carbocycles. The molecule has 29 heavy (non-hydrogen) atoms. The third kappa shape index (κ3) is 3.16. The fourth-order valence-corrected chi connectivity index (χ4v) is 3.56. The van der Waals surface area contributed by atoms with Crippen LogP contribution in [0.25, 0.3) is 11.3 Å². The summed E-state index contributed by atoms with van der Waals surface area (Å²) in [5.74, 6) is -0.971. The molecular weight excluding hydrogens is 381 g/mol. The van der Waals surface area contributed by atoms with Crippen LogP contribution in [0.3, 0.4) is 0 Å². The van der Waals surface area contributed by atoms with E-state index >= 15 is 0 Å². The fraction of sp³-hybridized carbons (Fsp3) is 0.250. The summed E-state index contributed by atoms with van der Waals surface area (Å²) in [6.45, 7) is 0. The van der Waals surface area contributed by atoms with Gasteiger partial charge in [-0.2, -0.15) is 5.26 Å². The first-order chi connectivity index (χ1) is 13.9. The van der Waals surface area contributed by atoms with E-state index in [4.69, 9.17) is 5.26 Å². The van der Waals surface area contributed by atoms with Crippen molar-refractivity contribution >= 4 is 5.95 Å². The highest BCUT2D eigenvalue weighted by Gasteiger charge is 2.52. The van der Waals surface area contributed by atoms with Gasteiger partial charge in [-0.15, -0.1) is 10.2 Å². The van der Waals surface area contributed by atoms with Gasteiger partial charge in [0.25, 0.3) is 0 Å². The number of nitriles is 1. The minimum Gasteiger partial charge on any atom is -0.331 e. The Labute approximate surface area is 164 Å². The van der Waals surface area contributed by atoms with Gasteiger partial charge in [-0.05, 0) is 30.3 Å². The van der Waals surface area contributed by atoms with Crippen molar-refractivity contribution in [1.82, 2.24) is 20.2 Å². The van der Waals surface area contributed by atoms with Gasteiger partial charge in [0.15, 0.2) is 0 Å². The Hall–Kier alpha value is -3.54. The van der Waals surface area contributed by atoms with E-state index in [-0.39, 0.29) is 41.3 Å². The number of rotatable bonds is 4. The smallest absolute Gasteiger partial charge is 0.245 e. The van der Waals surface area contributed by atoms with Crippen LogP contribution < -0.4 is 4.90 Å². The Kier molecular flexibility index (Phi) is 4.62. The van der Waals surface area contributed by atoms with Gasteiger partial charge >= 0.3 is 0 Å². The van der Waals surface area contributed by atoms with Gasteiger partial charge in [-0.1, -0.05) is 0 Å². The van der Waals surface area contributed by atoms with Gasteiger partial charge < -0.3 is 4.90 Å². The summed E-state index contributed by atoms with van der Waals surface area (Å²) in [5, 5.41) is 17.0. The summed E-state index contributed by atoms with van der Waals surface area (Å²) in [5.41, 5.74) is -0.391. The van der Waals surface area contributed by atoms with Crippen molar-refractivity contribution in [2.24, 2.45) is 0 Å². The monoisotopic (exact) mass is 396 g/mol. The maximum atomic E-state index is 14.4. The van der Waals surface area contributed by atoms with Crippen LogP contribution in [0.15, 0.2) is 42.7 Å². The molecule has 0 saturated heterocycles. The third-order valence-electron chi connectivity index (χ3n) is 5.18. The number of anilines is 1. The average Bonchev–Trinajstić information content (AvgIpc) is 2.72. The topological polar surface area (TPSA) is 78.6 Å². The van der Waals surface area contributed by atoms with Crippen LogP contribution in [0, 0.1) is 23.0 Å². The standard InChI is InChI=1S/C20H15F3N6/c1-29(20(8-13(21)9-20)18-16(23)3-2-6-25-18)19-26-11-17(27-28-19)14-7-12(10-24)4-5-15(14)22/h2-7,11,13H,8-9H2,1H3/t13-,20-. The van der Waals surface area contributed by atoms with Crippen molar-refractivity contribution in [3.63, 3.8) is 0 Å². The van der Waals surface area contributed by atoms with Crippen molar-refractivity contribution < 1.29 is 13.2 Å². The predicted molar refractivity (Wildman–Crippen MR) is 98.3 cm³/mol. The lowest BCUT2D eigenvalue weighted by Crippen LogP contribution is -2.56. The SMILES string of the molecule is CN(c1ncc(-c2cc(C#N)ccc2F)nn1)[C@]1(c2ncccc2F)C[C@@H](F)C1. The van der Waals surface area contributed by atoms with E-state index in [1.54, 1.807) is 11.9 Å². The quantitative estimate of drug-likeness (QED) is 0.671. The van der Waals surface area contributed by atoms with E-state index in [2.05, 4.69) is 20.2 Å². The Morgan fingerprint density at radius 1 is 1.14 bits per heavy atom. The third-order valence-corrected chi connectivity index (χ3v) is 5.18. The zero-order chi connectivity index (χ0) is 20.6. The molecule has 2 aromatic heterocycles. The second kappa shape index (κ2) is 7.13. The number of benzene rings is 1. The molecule has 0 radical (unpaired) electrons. The Morgan fingerprint density at radius 3 is 2.55 bits per heavy atom. The second-order valence-electron chi connectivity index (χ2n) is 6.88. The van der Waals surface area contributed by atoms with Gasteiger partial charge in [-0.3, -0.25) is 4.98 Å². The minimum absolute atomic E-state index is 0.0430. The average molecular weight is 396 g/mol. The van der Waals surface area contributed by atoms with Crippen molar-refractivity contribution in [2.45, 2.75) is 24.6 Å². The lowest BCUT2D eigenvalue weighted by atomic mass is 9.71. The molecule has 1 aromatic carbocycles. The van der Waals surface area contributed by atoms with Gasteiger partial charge in [0, 0.05) is 31.6 Å². The van der Waals surface area contributed by atoms with E-state index in [1.807, 2.05) is 6.07 Å². The zero-order valence-electron chi connectivity index (χ0n) is 15.4. The van der Waals surface area contributed by atoms with Crippen LogP contribution in [-0.4, -0.2) is 33.4 Å². The first-order valence-electron chi connectivity index (χ1n) is 8.83. The minimum atomic E-state index is -1.09. The van der Waals surface area contributed by atoms with Gasteiger partial charge in [-0.25, -0.2) is 18.2 Å². The summed E-state index contributed by atoms with van der Waals surface area (Å²) < 4.78 is 42.3. The maximum Gasteiger partial charge on any atom is 0.245 e. The van der Waals surface area contributed by atoms with Crippen LogP contribution in [0.2, 0.25) is 0 Å². The number of nitrogens with zero attached hydrogens (tertiary/aromatic N) is 6. The van der Waals surface area contributed by atoms with Gasteiger partial charge in [0.2, 0.25) is 5.95 Å². The van der Waals surface area contributed by atoms with E-state index in [0.29, 0.717) is 0 Å². The summed E-state index contributed by atoms with van der Waals surface area (Å²) in [6.07, 6.45) is 1.76. The molecule has 0 aliphatic heterocycles. The van der Waals surface area contributed by atoms with Crippen LogP contribution in [0.5, 0.6) is 0 Å². The van der Waals surface area contributed by atoms with Gasteiger partial charge in [0.1, 0.15) is 29.2 Å². The molecule has 0 amide bonds. The van der Waals surface area contributed by atoms with Crippen molar-refractivity contribution in [1.29, 1.82) is 5.26 Å². The molecule has 9 heteroatoms. The highest BCUT2D eigenvalue weighted by Crippen LogP contribution is 2.48. The molecule has 4 rings (SSSR count). The Morgan fingerprint density at radius 2 is 1.93 bits per heavy atom. The molecule has 0 spiro atoms. The number of aromatic nitrogens is 4. The van der Waals surface area contributed by atoms with Crippen LogP contribution in [0.1, 0.15) is 24.1 Å². The maximum absolute atomic E-state index is 14.4. The summed E-state index contributed by atoms with van der Waals surface area (Å²) in [4.78, 5) is 9.87. The van der Waals surface area contributed by atoms with E-state index < -0.39 is 23.3 Å². The molecule has 2 heterocycles. The highest BCUT2D eigenvalue weighted by molar-refractivity contribution is 5.61. The summed E-state index contributed by atoms with van der Waals surface area (Å²) in [6, 6.07) is 8.56. The first kappa shape index (κ1) is 18.8. The van der Waals surface area contributed by atoms with Crippen LogP contribution in [0.4, 0.5) is 19.1 Å². The Balaban J connectivity index is 1.69. The van der Waals surface area contributed by atoms with Crippen molar-refractivity contribution in [2.75, 3.05) is 11.9 Å². The highest BCUT2D eigenvalue weighted by atomic mass is 19.1. The normalized spacial score (nSPS) is 20.6. The van der Waals surface area contributed by atoms with Crippen LogP contribution in [-0.2, 0) is 5.54 Å². The number of halogens is 3. The summed E-state index contributed by atoms with van der Waals surface area (Å²) >= 11 is 0. The predicted octanol–water partition coefficient (Wildman–Crippen LogP) is 3.55. The number of alkyl halides is 1. The van der Waals surface area contributed by atoms with E-state index in [0.717, 1.165) is 0 Å². The van der Waals surface area contributed by atoms with Crippen molar-refractivity contribution in [3.05, 3.63) is 65.6 Å². The zero-order valence-corrected chi connectivity index (χ0v) is 15.4. The molecular formula is C20H15F3N6. The van der Waals surface area contributed by atoms with Crippen molar-refractivity contribution in [3.8, 4) is 17.3 Å². The first-order valence-corrected chi connectivity index (χ1v) is 8.83. The molecule has 0 N–H and O–H groups in total. The second-order valence-corrected chi connectivity index (χ2v) is 6.88. The molecule has 1 aliphatic rings. The fourth-order valence-electron chi connectivity index (χ4n) is 3.56. The van der Waals surface area contributed by atoms with Gasteiger partial charge in [0.05, 0.1) is 23.4 Å². The summed E-state index contributed by atoms with van der Waals surface area (Å²) in [7, 11) is 1.62. The lowest BCUT2D eigenvalue weighted by Gasteiger charge is -2.49. The van der Waals surface area contributed by atoms with E-state index in [1.165, 1.54) is 42.7 Å². The number of pyridine rings is 1. The van der Waals surface area contributed by atoms with E-state index in [9.17, 15) is 13.2 Å². The molecule has 0 unspecified atom stereocenters. The molecule has 0 atom stereocenters. The molecule has 0 bridgehead atoms. The number of hydrogen-bond acceptors (Lipinski definition) is 6. The molecule has 1 fully saturated rings. The molecule has 6 nitrogen and oxygen atoms in total. The molecule has 146 valence electrons. The Bertz CT molecular complexity index is 1090. The largest absolute Gasteiger partial charge is 0.331 e. The number of hydrogen-bond donors (Lipinski definition) is 0. The molecule has 3 aromatic rings.